The Hall–Kier alpha value is -1.36. The predicted molar refractivity (Wildman–Crippen MR) is 91.0 cm³/mol. The van der Waals surface area contributed by atoms with Crippen LogP contribution < -0.4 is 0 Å². The third kappa shape index (κ3) is 4.80. The number of amides is 1. The summed E-state index contributed by atoms with van der Waals surface area (Å²) >= 11 is 0. The summed E-state index contributed by atoms with van der Waals surface area (Å²) in [5.41, 5.74) is 0. The normalized spacial score (nSPS) is 24.0. The van der Waals surface area contributed by atoms with E-state index in [2.05, 4.69) is 26.4 Å². The monoisotopic (exact) mass is 318 g/mol. The fourth-order valence-electron chi connectivity index (χ4n) is 4.05. The molecule has 2 saturated heterocycles. The smallest absolute Gasteiger partial charge is 0.222 e. The van der Waals surface area contributed by atoms with Crippen molar-refractivity contribution in [2.45, 2.75) is 45.1 Å². The summed E-state index contributed by atoms with van der Waals surface area (Å²) in [5, 5.41) is 0. The van der Waals surface area contributed by atoms with Crippen LogP contribution in [0.4, 0.5) is 0 Å². The summed E-state index contributed by atoms with van der Waals surface area (Å²) in [6.07, 6.45) is 12.4. The molecule has 0 spiro atoms. The lowest BCUT2D eigenvalue weighted by atomic mass is 9.92. The van der Waals surface area contributed by atoms with E-state index in [1.165, 1.54) is 25.9 Å². The number of carbonyl (C=O) groups is 1. The van der Waals surface area contributed by atoms with Crippen LogP contribution in [-0.2, 0) is 11.3 Å². The molecule has 2 aliphatic heterocycles. The van der Waals surface area contributed by atoms with Gasteiger partial charge in [0.25, 0.3) is 0 Å². The second kappa shape index (κ2) is 7.95. The highest BCUT2D eigenvalue weighted by molar-refractivity contribution is 5.76. The molecule has 23 heavy (non-hydrogen) atoms. The SMILES string of the molecule is CN1CCC[C@H](CCC(=O)N2CCC(Cn3ccnc3)CC2)C1. The van der Waals surface area contributed by atoms with E-state index in [0.717, 1.165) is 51.2 Å². The number of nitrogens with zero attached hydrogens (tertiary/aromatic N) is 4. The van der Waals surface area contributed by atoms with E-state index in [4.69, 9.17) is 0 Å². The third-order valence-corrected chi connectivity index (χ3v) is 5.48. The molecule has 1 aromatic rings. The van der Waals surface area contributed by atoms with Crippen LogP contribution in [0, 0.1) is 11.8 Å². The first-order valence-corrected chi connectivity index (χ1v) is 9.13. The maximum Gasteiger partial charge on any atom is 0.222 e. The van der Waals surface area contributed by atoms with Crippen molar-refractivity contribution in [3.05, 3.63) is 18.7 Å². The summed E-state index contributed by atoms with van der Waals surface area (Å²) < 4.78 is 2.15. The van der Waals surface area contributed by atoms with Crippen molar-refractivity contribution in [1.29, 1.82) is 0 Å². The van der Waals surface area contributed by atoms with Gasteiger partial charge in [0, 0.05) is 45.0 Å². The van der Waals surface area contributed by atoms with E-state index in [9.17, 15) is 4.79 Å². The van der Waals surface area contributed by atoms with Crippen molar-refractivity contribution in [2.24, 2.45) is 11.8 Å². The van der Waals surface area contributed by atoms with Crippen molar-refractivity contribution >= 4 is 5.91 Å². The Labute approximate surface area is 139 Å². The van der Waals surface area contributed by atoms with Gasteiger partial charge < -0.3 is 14.4 Å². The number of hydrogen-bond donors (Lipinski definition) is 0. The zero-order chi connectivity index (χ0) is 16.1. The highest BCUT2D eigenvalue weighted by Crippen LogP contribution is 2.23. The second-order valence-corrected chi connectivity index (χ2v) is 7.39. The van der Waals surface area contributed by atoms with Crippen LogP contribution in [0.3, 0.4) is 0 Å². The quantitative estimate of drug-likeness (QED) is 0.836. The van der Waals surface area contributed by atoms with Crippen molar-refractivity contribution in [1.82, 2.24) is 19.4 Å². The molecule has 2 fully saturated rings. The van der Waals surface area contributed by atoms with Crippen LogP contribution in [0.5, 0.6) is 0 Å². The Morgan fingerprint density at radius 2 is 2.00 bits per heavy atom. The van der Waals surface area contributed by atoms with E-state index in [0.29, 0.717) is 11.8 Å². The van der Waals surface area contributed by atoms with Crippen LogP contribution in [0.2, 0.25) is 0 Å². The van der Waals surface area contributed by atoms with Crippen LogP contribution in [0.1, 0.15) is 38.5 Å². The van der Waals surface area contributed by atoms with Crippen LogP contribution in [0.25, 0.3) is 0 Å². The molecule has 5 nitrogen and oxygen atoms in total. The van der Waals surface area contributed by atoms with Gasteiger partial charge >= 0.3 is 0 Å². The summed E-state index contributed by atoms with van der Waals surface area (Å²) in [5.74, 6) is 1.77. The van der Waals surface area contributed by atoms with Crippen molar-refractivity contribution in [3.63, 3.8) is 0 Å². The van der Waals surface area contributed by atoms with Gasteiger partial charge in [-0.05, 0) is 57.5 Å². The maximum absolute atomic E-state index is 12.4. The van der Waals surface area contributed by atoms with E-state index in [1.807, 2.05) is 18.7 Å². The van der Waals surface area contributed by atoms with E-state index in [-0.39, 0.29) is 0 Å². The lowest BCUT2D eigenvalue weighted by Crippen LogP contribution is -2.39. The number of piperidine rings is 2. The van der Waals surface area contributed by atoms with Gasteiger partial charge in [0.1, 0.15) is 0 Å². The van der Waals surface area contributed by atoms with Gasteiger partial charge in [-0.2, -0.15) is 0 Å². The molecule has 3 heterocycles. The second-order valence-electron chi connectivity index (χ2n) is 7.39. The van der Waals surface area contributed by atoms with Crippen molar-refractivity contribution < 1.29 is 4.79 Å². The Balaban J connectivity index is 1.36. The van der Waals surface area contributed by atoms with E-state index >= 15 is 0 Å². The Morgan fingerprint density at radius 1 is 1.17 bits per heavy atom. The molecule has 0 aliphatic carbocycles. The summed E-state index contributed by atoms with van der Waals surface area (Å²) in [6.45, 7) is 5.29. The standard InChI is InChI=1S/C18H30N4O/c1-20-9-2-3-16(13-20)4-5-18(23)22-10-6-17(7-11-22)14-21-12-8-19-15-21/h8,12,15-17H,2-7,9-11,13-14H2,1H3/t16-/m1/s1. The predicted octanol–water partition coefficient (Wildman–Crippen LogP) is 2.24. The van der Waals surface area contributed by atoms with Gasteiger partial charge in [-0.3, -0.25) is 4.79 Å². The third-order valence-electron chi connectivity index (χ3n) is 5.48. The first-order valence-electron chi connectivity index (χ1n) is 9.13. The number of imidazole rings is 1. The van der Waals surface area contributed by atoms with Crippen LogP contribution in [-0.4, -0.2) is 58.5 Å². The highest BCUT2D eigenvalue weighted by Gasteiger charge is 2.24. The first-order chi connectivity index (χ1) is 11.2. The lowest BCUT2D eigenvalue weighted by Gasteiger charge is -2.33. The minimum absolute atomic E-state index is 0.374. The average molecular weight is 318 g/mol. The minimum Gasteiger partial charge on any atom is -0.343 e. The maximum atomic E-state index is 12.4. The molecule has 0 bridgehead atoms. The molecule has 0 N–H and O–H groups in total. The molecule has 128 valence electrons. The molecule has 0 aromatic carbocycles. The molecule has 3 rings (SSSR count). The van der Waals surface area contributed by atoms with Crippen LogP contribution in [0.15, 0.2) is 18.7 Å². The van der Waals surface area contributed by atoms with Gasteiger partial charge in [0.2, 0.25) is 5.91 Å². The number of rotatable bonds is 5. The first kappa shape index (κ1) is 16.5. The largest absolute Gasteiger partial charge is 0.343 e. The highest BCUT2D eigenvalue weighted by atomic mass is 16.2. The molecule has 5 heteroatoms. The lowest BCUT2D eigenvalue weighted by molar-refractivity contribution is -0.133. The summed E-state index contributed by atoms with van der Waals surface area (Å²) in [4.78, 5) is 21.0. The molecule has 2 aliphatic rings. The molecule has 1 amide bonds. The molecular formula is C18H30N4O. The fourth-order valence-corrected chi connectivity index (χ4v) is 4.05. The molecule has 0 unspecified atom stereocenters. The van der Waals surface area contributed by atoms with E-state index in [1.54, 1.807) is 0 Å². The van der Waals surface area contributed by atoms with Crippen LogP contribution >= 0.6 is 0 Å². The topological polar surface area (TPSA) is 41.4 Å². The molecule has 0 radical (unpaired) electrons. The van der Waals surface area contributed by atoms with Gasteiger partial charge in [0.15, 0.2) is 0 Å². The number of aromatic nitrogens is 2. The Morgan fingerprint density at radius 3 is 2.70 bits per heavy atom. The summed E-state index contributed by atoms with van der Waals surface area (Å²) in [6, 6.07) is 0. The number of carbonyl (C=O) groups excluding carboxylic acids is 1. The minimum atomic E-state index is 0.374. The van der Waals surface area contributed by atoms with Gasteiger partial charge in [0.05, 0.1) is 6.33 Å². The molecule has 0 saturated carbocycles. The van der Waals surface area contributed by atoms with Gasteiger partial charge in [-0.1, -0.05) is 0 Å². The van der Waals surface area contributed by atoms with Gasteiger partial charge in [-0.25, -0.2) is 4.98 Å². The zero-order valence-corrected chi connectivity index (χ0v) is 14.4. The zero-order valence-electron chi connectivity index (χ0n) is 14.4. The van der Waals surface area contributed by atoms with Crippen molar-refractivity contribution in [3.8, 4) is 0 Å². The Bertz CT molecular complexity index is 479. The van der Waals surface area contributed by atoms with Crippen molar-refractivity contribution in [2.75, 3.05) is 33.2 Å². The molecular weight excluding hydrogens is 288 g/mol. The average Bonchev–Trinajstić information content (AvgIpc) is 3.06. The number of hydrogen-bond acceptors (Lipinski definition) is 3. The fraction of sp³-hybridized carbons (Fsp3) is 0.778. The Kier molecular flexibility index (Phi) is 5.70. The molecule has 1 aromatic heterocycles. The van der Waals surface area contributed by atoms with Gasteiger partial charge in [-0.15, -0.1) is 0 Å². The number of likely N-dealkylation sites (tertiary alicyclic amines) is 2. The molecule has 1 atom stereocenters. The van der Waals surface area contributed by atoms with E-state index < -0.39 is 0 Å². The summed E-state index contributed by atoms with van der Waals surface area (Å²) in [7, 11) is 2.19.